The van der Waals surface area contributed by atoms with E-state index < -0.39 is 0 Å². The Balaban J connectivity index is 2.63. The highest BCUT2D eigenvalue weighted by Crippen LogP contribution is 2.04. The largest absolute Gasteiger partial charge is 0.357 e. The highest BCUT2D eigenvalue weighted by Gasteiger charge is 2.12. The minimum absolute atomic E-state index is 0.0345. The Kier molecular flexibility index (Phi) is 8.04. The zero-order chi connectivity index (χ0) is 16.4. The lowest BCUT2D eigenvalue weighted by Crippen LogP contribution is -2.42. The van der Waals surface area contributed by atoms with Crippen molar-refractivity contribution < 1.29 is 4.79 Å². The number of hydrogen-bond donors (Lipinski definition) is 2. The second-order valence-electron chi connectivity index (χ2n) is 5.39. The third-order valence-corrected chi connectivity index (χ3v) is 3.09. The van der Waals surface area contributed by atoms with Crippen molar-refractivity contribution >= 4 is 11.9 Å². The number of nitrogens with one attached hydrogen (secondary N) is 2. The van der Waals surface area contributed by atoms with E-state index in [1.54, 1.807) is 0 Å². The second-order valence-corrected chi connectivity index (χ2v) is 5.39. The van der Waals surface area contributed by atoms with Crippen LogP contribution in [0.25, 0.3) is 0 Å². The molecule has 2 N–H and O–H groups in total. The average molecular weight is 304 g/mol. The molecule has 0 heterocycles. The normalized spacial score (nSPS) is 11.4. The molecule has 5 nitrogen and oxygen atoms in total. The van der Waals surface area contributed by atoms with Crippen LogP contribution in [0.1, 0.15) is 33.3 Å². The van der Waals surface area contributed by atoms with Crippen LogP contribution in [0.15, 0.2) is 35.3 Å². The predicted molar refractivity (Wildman–Crippen MR) is 91.8 cm³/mol. The van der Waals surface area contributed by atoms with Crippen molar-refractivity contribution in [1.29, 1.82) is 0 Å². The van der Waals surface area contributed by atoms with E-state index in [1.807, 2.05) is 62.9 Å². The molecule has 0 aliphatic heterocycles. The van der Waals surface area contributed by atoms with Gasteiger partial charge in [0.25, 0.3) is 0 Å². The zero-order valence-electron chi connectivity index (χ0n) is 14.1. The summed E-state index contributed by atoms with van der Waals surface area (Å²) in [6.45, 7) is 10.3. The number of likely N-dealkylation sites (N-methyl/N-ethyl adjacent to an activating group) is 1. The lowest BCUT2D eigenvalue weighted by Gasteiger charge is -2.21. The van der Waals surface area contributed by atoms with E-state index >= 15 is 0 Å². The van der Waals surface area contributed by atoms with Gasteiger partial charge >= 0.3 is 0 Å². The predicted octanol–water partition coefficient (Wildman–Crippen LogP) is 2.00. The van der Waals surface area contributed by atoms with Crippen LogP contribution in [0.5, 0.6) is 0 Å². The van der Waals surface area contributed by atoms with E-state index in [-0.39, 0.29) is 18.5 Å². The summed E-state index contributed by atoms with van der Waals surface area (Å²) in [6, 6.07) is 10.3. The number of rotatable bonds is 7. The molecule has 0 aliphatic carbocycles. The molecule has 1 amide bonds. The molecule has 0 radical (unpaired) electrons. The summed E-state index contributed by atoms with van der Waals surface area (Å²) in [5, 5.41) is 6.36. The first-order valence-corrected chi connectivity index (χ1v) is 7.93. The van der Waals surface area contributed by atoms with Crippen molar-refractivity contribution in [2.24, 2.45) is 4.99 Å². The zero-order valence-corrected chi connectivity index (χ0v) is 14.1. The van der Waals surface area contributed by atoms with Crippen molar-refractivity contribution in [3.8, 4) is 0 Å². The quantitative estimate of drug-likeness (QED) is 0.598. The minimum Gasteiger partial charge on any atom is -0.357 e. The van der Waals surface area contributed by atoms with Gasteiger partial charge in [0.1, 0.15) is 6.54 Å². The Labute approximate surface area is 133 Å². The van der Waals surface area contributed by atoms with E-state index in [9.17, 15) is 4.79 Å². The molecule has 0 aromatic heterocycles. The van der Waals surface area contributed by atoms with Crippen LogP contribution in [-0.2, 0) is 11.3 Å². The number of amides is 1. The first kappa shape index (κ1) is 18.0. The molecule has 0 atom stereocenters. The van der Waals surface area contributed by atoms with Gasteiger partial charge in [0.05, 0.1) is 0 Å². The van der Waals surface area contributed by atoms with Gasteiger partial charge in [-0.3, -0.25) is 4.79 Å². The second kappa shape index (κ2) is 9.82. The van der Waals surface area contributed by atoms with Gasteiger partial charge < -0.3 is 15.5 Å². The summed E-state index contributed by atoms with van der Waals surface area (Å²) in [6.07, 6.45) is 0. The fourth-order valence-electron chi connectivity index (χ4n) is 2.02. The van der Waals surface area contributed by atoms with Crippen LogP contribution < -0.4 is 10.6 Å². The number of guanidine groups is 1. The summed E-state index contributed by atoms with van der Waals surface area (Å²) in [4.78, 5) is 18.5. The van der Waals surface area contributed by atoms with Crippen molar-refractivity contribution in [3.63, 3.8) is 0 Å². The summed E-state index contributed by atoms with van der Waals surface area (Å²) < 4.78 is 0. The molecule has 0 bridgehead atoms. The van der Waals surface area contributed by atoms with Crippen molar-refractivity contribution in [1.82, 2.24) is 15.5 Å². The fourth-order valence-corrected chi connectivity index (χ4v) is 2.02. The van der Waals surface area contributed by atoms with Crippen molar-refractivity contribution in [3.05, 3.63) is 35.9 Å². The lowest BCUT2D eigenvalue weighted by atomic mass is 10.2. The number of carbonyl (C=O) groups excluding carboxylic acids is 1. The van der Waals surface area contributed by atoms with Crippen LogP contribution in [0.3, 0.4) is 0 Å². The summed E-state index contributed by atoms with van der Waals surface area (Å²) in [5.41, 5.74) is 1.13. The monoisotopic (exact) mass is 304 g/mol. The van der Waals surface area contributed by atoms with Gasteiger partial charge in [-0.05, 0) is 33.3 Å². The average Bonchev–Trinajstić information content (AvgIpc) is 2.50. The van der Waals surface area contributed by atoms with Gasteiger partial charge in [-0.25, -0.2) is 4.99 Å². The Morgan fingerprint density at radius 2 is 1.91 bits per heavy atom. The van der Waals surface area contributed by atoms with Gasteiger partial charge in [-0.1, -0.05) is 30.3 Å². The molecule has 0 unspecified atom stereocenters. The van der Waals surface area contributed by atoms with E-state index in [1.165, 1.54) is 0 Å². The molecule has 22 heavy (non-hydrogen) atoms. The molecule has 0 aliphatic rings. The number of nitrogens with zero attached hydrogens (tertiary/aromatic N) is 2. The molecule has 1 rings (SSSR count). The highest BCUT2D eigenvalue weighted by atomic mass is 16.2. The molecule has 122 valence electrons. The Morgan fingerprint density at radius 1 is 1.23 bits per heavy atom. The van der Waals surface area contributed by atoms with Gasteiger partial charge in [0.15, 0.2) is 5.96 Å². The highest BCUT2D eigenvalue weighted by molar-refractivity contribution is 5.85. The Hall–Kier alpha value is -2.04. The SMILES string of the molecule is CCNC(=NCC(=O)N(CC)Cc1ccccc1)NC(C)C. The number of aliphatic imine (C=N–C) groups is 1. The topological polar surface area (TPSA) is 56.7 Å². The summed E-state index contributed by atoms with van der Waals surface area (Å²) in [7, 11) is 0. The van der Waals surface area contributed by atoms with Crippen LogP contribution in [0.4, 0.5) is 0 Å². The molecule has 1 aromatic carbocycles. The Morgan fingerprint density at radius 3 is 2.45 bits per heavy atom. The molecule has 0 spiro atoms. The molecule has 1 aromatic rings. The number of hydrogen-bond acceptors (Lipinski definition) is 2. The molecule has 0 fully saturated rings. The first-order valence-electron chi connectivity index (χ1n) is 7.93. The lowest BCUT2D eigenvalue weighted by molar-refractivity contribution is -0.130. The van der Waals surface area contributed by atoms with E-state index in [0.29, 0.717) is 19.0 Å². The summed E-state index contributed by atoms with van der Waals surface area (Å²) in [5.74, 6) is 0.717. The van der Waals surface area contributed by atoms with E-state index in [4.69, 9.17) is 0 Å². The minimum atomic E-state index is 0.0345. The van der Waals surface area contributed by atoms with Gasteiger partial charge in [-0.2, -0.15) is 0 Å². The molecule has 5 heteroatoms. The van der Waals surface area contributed by atoms with Crippen molar-refractivity contribution in [2.45, 2.75) is 40.3 Å². The number of carbonyl (C=O) groups is 1. The maximum atomic E-state index is 12.3. The van der Waals surface area contributed by atoms with Crippen LogP contribution in [0.2, 0.25) is 0 Å². The maximum Gasteiger partial charge on any atom is 0.244 e. The van der Waals surface area contributed by atoms with Crippen LogP contribution in [-0.4, -0.2) is 42.4 Å². The van der Waals surface area contributed by atoms with Gasteiger partial charge in [0, 0.05) is 25.7 Å². The van der Waals surface area contributed by atoms with E-state index in [0.717, 1.165) is 12.1 Å². The molecular weight excluding hydrogens is 276 g/mol. The van der Waals surface area contributed by atoms with Gasteiger partial charge in [-0.15, -0.1) is 0 Å². The first-order chi connectivity index (χ1) is 10.6. The van der Waals surface area contributed by atoms with E-state index in [2.05, 4.69) is 15.6 Å². The van der Waals surface area contributed by atoms with Crippen molar-refractivity contribution in [2.75, 3.05) is 19.6 Å². The summed E-state index contributed by atoms with van der Waals surface area (Å²) >= 11 is 0. The van der Waals surface area contributed by atoms with Crippen LogP contribution in [0, 0.1) is 0 Å². The third kappa shape index (κ3) is 6.61. The standard InChI is InChI=1S/C17H28N4O/c1-5-18-17(20-14(3)4)19-12-16(22)21(6-2)13-15-10-8-7-9-11-15/h7-11,14H,5-6,12-13H2,1-4H3,(H2,18,19,20). The van der Waals surface area contributed by atoms with Crippen LogP contribution >= 0.6 is 0 Å². The third-order valence-electron chi connectivity index (χ3n) is 3.09. The maximum absolute atomic E-state index is 12.3. The number of benzene rings is 1. The fraction of sp³-hybridized carbons (Fsp3) is 0.529. The Bertz CT molecular complexity index is 471. The molecular formula is C17H28N4O. The smallest absolute Gasteiger partial charge is 0.244 e. The molecule has 0 saturated heterocycles. The van der Waals surface area contributed by atoms with Gasteiger partial charge in [0.2, 0.25) is 5.91 Å². The molecule has 0 saturated carbocycles.